The van der Waals surface area contributed by atoms with Crippen LogP contribution in [0.3, 0.4) is 0 Å². The highest BCUT2D eigenvalue weighted by Gasteiger charge is 2.34. The number of fused-ring (bicyclic) bond motifs is 4. The van der Waals surface area contributed by atoms with Gasteiger partial charge in [0.2, 0.25) is 0 Å². The molecule has 202 valence electrons. The molecule has 0 aliphatic carbocycles. The highest BCUT2D eigenvalue weighted by molar-refractivity contribution is 6.35. The maximum Gasteiger partial charge on any atom is 0.319 e. The molecule has 6 nitrogen and oxygen atoms in total. The molecule has 1 N–H and O–H groups in total. The molecule has 3 aliphatic rings. The Hall–Kier alpha value is -3.07. The van der Waals surface area contributed by atoms with Crippen LogP contribution in [0.15, 0.2) is 42.5 Å². The van der Waals surface area contributed by atoms with Gasteiger partial charge < -0.3 is 19.9 Å². The second kappa shape index (κ2) is 9.84. The van der Waals surface area contributed by atoms with Crippen molar-refractivity contribution in [3.63, 3.8) is 0 Å². The summed E-state index contributed by atoms with van der Waals surface area (Å²) in [6.07, 6.45) is 4.37. The normalized spacial score (nSPS) is 23.3. The van der Waals surface area contributed by atoms with Gasteiger partial charge in [-0.15, -0.1) is 0 Å². The van der Waals surface area contributed by atoms with E-state index in [1.54, 1.807) is 36.4 Å². The first-order valence-corrected chi connectivity index (χ1v) is 14.1. The van der Waals surface area contributed by atoms with Gasteiger partial charge in [-0.2, -0.15) is 9.97 Å². The van der Waals surface area contributed by atoms with E-state index < -0.39 is 11.6 Å². The first-order valence-electron chi connectivity index (χ1n) is 13.7. The van der Waals surface area contributed by atoms with Crippen LogP contribution in [0.2, 0.25) is 5.02 Å². The largest absolute Gasteiger partial charge is 0.462 e. The lowest BCUT2D eigenvalue weighted by Crippen LogP contribution is -2.51. The van der Waals surface area contributed by atoms with Crippen molar-refractivity contribution in [1.29, 1.82) is 0 Å². The molecule has 4 heterocycles. The lowest BCUT2D eigenvalue weighted by atomic mass is 9.96. The van der Waals surface area contributed by atoms with Gasteiger partial charge in [-0.05, 0) is 62.4 Å². The van der Waals surface area contributed by atoms with E-state index in [0.29, 0.717) is 46.2 Å². The molecule has 4 aromatic rings. The number of nitrogens with one attached hydrogen (secondary N) is 1. The van der Waals surface area contributed by atoms with Gasteiger partial charge in [-0.1, -0.05) is 41.9 Å². The number of likely N-dealkylation sites (tertiary alicyclic amines) is 1. The Morgan fingerprint density at radius 3 is 2.56 bits per heavy atom. The van der Waals surface area contributed by atoms with E-state index in [2.05, 4.69) is 27.1 Å². The minimum Gasteiger partial charge on any atom is -0.462 e. The second-order valence-corrected chi connectivity index (χ2v) is 11.5. The van der Waals surface area contributed by atoms with Crippen LogP contribution in [0.1, 0.15) is 25.7 Å². The fourth-order valence-corrected chi connectivity index (χ4v) is 6.84. The van der Waals surface area contributed by atoms with Gasteiger partial charge in [-0.3, -0.25) is 0 Å². The molecule has 2 bridgehead atoms. The molecule has 3 aromatic carbocycles. The molecular formula is C30H30ClF2N5O. The molecule has 3 fully saturated rings. The van der Waals surface area contributed by atoms with Crippen molar-refractivity contribution < 1.29 is 13.5 Å². The average Bonchev–Trinajstić information content (AvgIpc) is 3.50. The Morgan fingerprint density at radius 2 is 1.82 bits per heavy atom. The highest BCUT2D eigenvalue weighted by Crippen LogP contribution is 2.42. The van der Waals surface area contributed by atoms with Gasteiger partial charge in [0, 0.05) is 47.6 Å². The molecular weight excluding hydrogens is 520 g/mol. The standard InChI is InChI=1S/C30H30ClF2N5O/c1-37-12-4-7-20(37)16-39-30-35-28-22(29(36-30)38-14-18-10-11-19(15-38)34-18)13-23(31)26(27(28)33)21-8-2-5-17-6-3-9-24(32)25(17)21/h2-3,5-6,8-9,13,18-20,34H,4,7,10-12,14-16H2,1H3/t18?,19?,20-/m0/s1. The summed E-state index contributed by atoms with van der Waals surface area (Å²) in [5, 5.41) is 5.37. The number of rotatable bonds is 5. The number of hydrogen-bond acceptors (Lipinski definition) is 6. The monoisotopic (exact) mass is 549 g/mol. The third kappa shape index (κ3) is 4.39. The van der Waals surface area contributed by atoms with Crippen LogP contribution in [-0.2, 0) is 0 Å². The number of hydrogen-bond donors (Lipinski definition) is 1. The summed E-state index contributed by atoms with van der Waals surface area (Å²) in [5.74, 6) is -0.398. The number of benzene rings is 3. The number of nitrogens with zero attached hydrogens (tertiary/aromatic N) is 4. The van der Waals surface area contributed by atoms with E-state index >= 15 is 8.78 Å². The van der Waals surface area contributed by atoms with Gasteiger partial charge >= 0.3 is 6.01 Å². The van der Waals surface area contributed by atoms with Gasteiger partial charge in [0.15, 0.2) is 5.82 Å². The van der Waals surface area contributed by atoms with Crippen molar-refractivity contribution in [2.24, 2.45) is 0 Å². The van der Waals surface area contributed by atoms with Crippen LogP contribution in [0.5, 0.6) is 6.01 Å². The van der Waals surface area contributed by atoms with Crippen molar-refractivity contribution in [2.75, 3.05) is 38.2 Å². The predicted octanol–water partition coefficient (Wildman–Crippen LogP) is 5.80. The number of ether oxygens (including phenoxy) is 1. The zero-order valence-electron chi connectivity index (χ0n) is 21.8. The lowest BCUT2D eigenvalue weighted by Gasteiger charge is -2.34. The second-order valence-electron chi connectivity index (χ2n) is 11.0. The summed E-state index contributed by atoms with van der Waals surface area (Å²) in [5.41, 5.74) is 0.658. The minimum absolute atomic E-state index is 0.131. The van der Waals surface area contributed by atoms with E-state index in [1.807, 2.05) is 0 Å². The fraction of sp³-hybridized carbons (Fsp3) is 0.400. The fourth-order valence-electron chi connectivity index (χ4n) is 6.55. The van der Waals surface area contributed by atoms with Gasteiger partial charge in [0.1, 0.15) is 23.8 Å². The Labute approximate surface area is 230 Å². The summed E-state index contributed by atoms with van der Waals surface area (Å²) in [7, 11) is 2.08. The number of piperazine rings is 1. The number of halogens is 3. The van der Waals surface area contributed by atoms with E-state index in [-0.39, 0.29) is 28.2 Å². The van der Waals surface area contributed by atoms with Crippen LogP contribution in [0.4, 0.5) is 14.6 Å². The van der Waals surface area contributed by atoms with E-state index in [1.165, 1.54) is 6.07 Å². The van der Waals surface area contributed by atoms with Crippen LogP contribution in [-0.4, -0.2) is 66.3 Å². The van der Waals surface area contributed by atoms with Crippen LogP contribution >= 0.6 is 11.6 Å². The van der Waals surface area contributed by atoms with Crippen LogP contribution < -0.4 is 15.0 Å². The maximum atomic E-state index is 16.6. The molecule has 1 aromatic heterocycles. The molecule has 2 unspecified atom stereocenters. The molecule has 0 amide bonds. The Morgan fingerprint density at radius 1 is 1.05 bits per heavy atom. The first-order chi connectivity index (χ1) is 19.0. The zero-order valence-corrected chi connectivity index (χ0v) is 22.5. The van der Waals surface area contributed by atoms with Crippen LogP contribution in [0, 0.1) is 11.6 Å². The van der Waals surface area contributed by atoms with E-state index in [9.17, 15) is 0 Å². The predicted molar refractivity (Wildman–Crippen MR) is 151 cm³/mol. The lowest BCUT2D eigenvalue weighted by molar-refractivity contribution is 0.188. The summed E-state index contributed by atoms with van der Waals surface area (Å²) in [4.78, 5) is 13.9. The molecule has 0 spiro atoms. The van der Waals surface area contributed by atoms with Gasteiger partial charge in [0.25, 0.3) is 0 Å². The topological polar surface area (TPSA) is 53.5 Å². The maximum absolute atomic E-state index is 16.6. The van der Waals surface area contributed by atoms with Crippen molar-refractivity contribution in [1.82, 2.24) is 20.2 Å². The van der Waals surface area contributed by atoms with Gasteiger partial charge in [0.05, 0.1) is 5.02 Å². The highest BCUT2D eigenvalue weighted by atomic mass is 35.5. The molecule has 3 saturated heterocycles. The molecule has 39 heavy (non-hydrogen) atoms. The van der Waals surface area contributed by atoms with E-state index in [0.717, 1.165) is 45.3 Å². The molecule has 0 saturated carbocycles. The summed E-state index contributed by atoms with van der Waals surface area (Å²) in [6.45, 7) is 3.00. The smallest absolute Gasteiger partial charge is 0.319 e. The molecule has 9 heteroatoms. The summed E-state index contributed by atoms with van der Waals surface area (Å²) in [6, 6.07) is 13.0. The Bertz CT molecular complexity index is 1570. The summed E-state index contributed by atoms with van der Waals surface area (Å²) >= 11 is 6.79. The third-order valence-electron chi connectivity index (χ3n) is 8.56. The summed E-state index contributed by atoms with van der Waals surface area (Å²) < 4.78 is 37.7. The molecule has 7 rings (SSSR count). The van der Waals surface area contributed by atoms with Crippen molar-refractivity contribution >= 4 is 39.1 Å². The van der Waals surface area contributed by atoms with Gasteiger partial charge in [-0.25, -0.2) is 8.78 Å². The molecule has 0 radical (unpaired) electrons. The Kier molecular flexibility index (Phi) is 6.29. The Balaban J connectivity index is 1.39. The molecule has 3 aliphatic heterocycles. The van der Waals surface area contributed by atoms with Crippen molar-refractivity contribution in [3.8, 4) is 17.1 Å². The number of likely N-dealkylation sites (N-methyl/N-ethyl adjacent to an activating group) is 1. The third-order valence-corrected chi connectivity index (χ3v) is 8.86. The average molecular weight is 550 g/mol. The van der Waals surface area contributed by atoms with Crippen molar-refractivity contribution in [3.05, 3.63) is 59.1 Å². The van der Waals surface area contributed by atoms with Crippen molar-refractivity contribution in [2.45, 2.75) is 43.8 Å². The quantitative estimate of drug-likeness (QED) is 0.340. The SMILES string of the molecule is CN1CCC[C@H]1COc1nc(N2CC3CCC(C2)N3)c2cc(Cl)c(-c3cccc4cccc(F)c34)c(F)c2n1. The van der Waals surface area contributed by atoms with Crippen LogP contribution in [0.25, 0.3) is 32.8 Å². The number of aromatic nitrogens is 2. The first kappa shape index (κ1) is 24.9. The minimum atomic E-state index is -0.599. The van der Waals surface area contributed by atoms with E-state index in [4.69, 9.17) is 21.3 Å². The molecule has 3 atom stereocenters. The number of anilines is 1. The zero-order chi connectivity index (χ0) is 26.7.